The fraction of sp³-hybridized carbons (Fsp3) is 0.433. The van der Waals surface area contributed by atoms with Crippen LogP contribution in [0.15, 0.2) is 67.3 Å². The van der Waals surface area contributed by atoms with Gasteiger partial charge in [0.1, 0.15) is 23.4 Å². The number of phenols is 1. The van der Waals surface area contributed by atoms with Gasteiger partial charge in [-0.3, -0.25) is 9.59 Å². The highest BCUT2D eigenvalue weighted by Crippen LogP contribution is 2.30. The van der Waals surface area contributed by atoms with Crippen molar-refractivity contribution in [2.24, 2.45) is 0 Å². The lowest BCUT2D eigenvalue weighted by molar-refractivity contribution is -0.141. The summed E-state index contributed by atoms with van der Waals surface area (Å²) in [7, 11) is 0. The van der Waals surface area contributed by atoms with Crippen LogP contribution in [0.1, 0.15) is 64.1 Å². The normalized spacial score (nSPS) is 12.6. The van der Waals surface area contributed by atoms with Crippen LogP contribution in [0, 0.1) is 0 Å². The van der Waals surface area contributed by atoms with Crippen molar-refractivity contribution in [1.29, 1.82) is 0 Å². The Morgan fingerprint density at radius 2 is 1.71 bits per heavy atom. The quantitative estimate of drug-likeness (QED) is 0.256. The summed E-state index contributed by atoms with van der Waals surface area (Å²) in [4.78, 5) is 41.7. The molecule has 0 saturated carbocycles. The molecule has 0 spiro atoms. The number of benzene rings is 2. The molecule has 8 heteroatoms. The first-order valence-electron chi connectivity index (χ1n) is 13.1. The van der Waals surface area contributed by atoms with Gasteiger partial charge in [-0.1, -0.05) is 74.4 Å². The Bertz CT molecular complexity index is 1070. The third kappa shape index (κ3) is 9.57. The van der Waals surface area contributed by atoms with Crippen molar-refractivity contribution < 1.29 is 24.2 Å². The Balaban J connectivity index is 2.47. The van der Waals surface area contributed by atoms with Crippen molar-refractivity contribution in [1.82, 2.24) is 15.5 Å². The molecule has 0 aliphatic rings. The number of ether oxygens (including phenoxy) is 1. The van der Waals surface area contributed by atoms with Gasteiger partial charge in [0.05, 0.1) is 0 Å². The lowest BCUT2D eigenvalue weighted by Gasteiger charge is -2.34. The second-order valence-corrected chi connectivity index (χ2v) is 10.1. The topological polar surface area (TPSA) is 108 Å². The molecule has 3 N–H and O–H groups in total. The first kappa shape index (κ1) is 30.4. The zero-order valence-corrected chi connectivity index (χ0v) is 22.9. The Morgan fingerprint density at radius 3 is 2.32 bits per heavy atom. The summed E-state index contributed by atoms with van der Waals surface area (Å²) in [5.74, 6) is -1.03. The lowest BCUT2D eigenvalue weighted by Crippen LogP contribution is -2.54. The smallest absolute Gasteiger partial charge is 0.408 e. The SMILES string of the molecule is C=CCN(C(=O)C(Cc1ccccc1)NC(=O)OC(C)(C)C)C(C(=O)NCCCCC)c1ccccc1O. The average molecular weight is 524 g/mol. The zero-order chi connectivity index (χ0) is 28.1. The number of phenolic OH excluding ortho intramolecular Hbond substituents is 1. The molecule has 38 heavy (non-hydrogen) atoms. The van der Waals surface area contributed by atoms with Crippen LogP contribution in [-0.2, 0) is 20.7 Å². The molecule has 0 aliphatic heterocycles. The summed E-state index contributed by atoms with van der Waals surface area (Å²) in [6, 6.07) is 13.5. The number of rotatable bonds is 13. The van der Waals surface area contributed by atoms with E-state index >= 15 is 0 Å². The molecule has 0 bridgehead atoms. The number of hydrogen-bond acceptors (Lipinski definition) is 5. The van der Waals surface area contributed by atoms with Crippen LogP contribution in [0.5, 0.6) is 5.75 Å². The van der Waals surface area contributed by atoms with Crippen LogP contribution < -0.4 is 10.6 Å². The second kappa shape index (κ2) is 14.8. The molecule has 0 saturated heterocycles. The van der Waals surface area contributed by atoms with E-state index in [2.05, 4.69) is 24.1 Å². The van der Waals surface area contributed by atoms with Gasteiger partial charge in [0, 0.05) is 25.1 Å². The van der Waals surface area contributed by atoms with Crippen molar-refractivity contribution in [3.63, 3.8) is 0 Å². The number of alkyl carbamates (subject to hydrolysis) is 1. The zero-order valence-electron chi connectivity index (χ0n) is 22.9. The summed E-state index contributed by atoms with van der Waals surface area (Å²) in [6.07, 6.45) is 3.70. The molecule has 0 aromatic heterocycles. The highest BCUT2D eigenvalue weighted by molar-refractivity contribution is 5.92. The summed E-state index contributed by atoms with van der Waals surface area (Å²) < 4.78 is 5.42. The number of amides is 3. The first-order chi connectivity index (χ1) is 18.1. The molecule has 0 fully saturated rings. The summed E-state index contributed by atoms with van der Waals surface area (Å²) in [5.41, 5.74) is 0.345. The maximum absolute atomic E-state index is 14.1. The van der Waals surface area contributed by atoms with Crippen LogP contribution in [0.25, 0.3) is 0 Å². The highest BCUT2D eigenvalue weighted by Gasteiger charge is 2.36. The third-order valence-corrected chi connectivity index (χ3v) is 5.75. The minimum atomic E-state index is -1.14. The molecule has 0 aliphatic carbocycles. The van der Waals surface area contributed by atoms with E-state index in [1.54, 1.807) is 39.0 Å². The summed E-state index contributed by atoms with van der Waals surface area (Å²) in [6.45, 7) is 11.5. The molecule has 2 unspecified atom stereocenters. The summed E-state index contributed by atoms with van der Waals surface area (Å²) >= 11 is 0. The number of nitrogens with zero attached hydrogens (tertiary/aromatic N) is 1. The van der Waals surface area contributed by atoms with Gasteiger partial charge in [-0.05, 0) is 38.8 Å². The fourth-order valence-electron chi connectivity index (χ4n) is 4.01. The fourth-order valence-corrected chi connectivity index (χ4v) is 4.01. The van der Waals surface area contributed by atoms with Gasteiger partial charge in [0.15, 0.2) is 0 Å². The molecule has 2 atom stereocenters. The lowest BCUT2D eigenvalue weighted by atomic mass is 9.99. The van der Waals surface area contributed by atoms with Gasteiger partial charge in [0.2, 0.25) is 11.8 Å². The molecule has 2 rings (SSSR count). The van der Waals surface area contributed by atoms with Crippen molar-refractivity contribution in [3.05, 3.63) is 78.4 Å². The van der Waals surface area contributed by atoms with Gasteiger partial charge in [-0.2, -0.15) is 0 Å². The van der Waals surface area contributed by atoms with E-state index in [1.165, 1.54) is 17.0 Å². The minimum absolute atomic E-state index is 0.0154. The molecular weight excluding hydrogens is 482 g/mol. The second-order valence-electron chi connectivity index (χ2n) is 10.1. The van der Waals surface area contributed by atoms with Crippen LogP contribution in [-0.4, -0.2) is 52.6 Å². The van der Waals surface area contributed by atoms with E-state index < -0.39 is 35.6 Å². The van der Waals surface area contributed by atoms with Crippen LogP contribution in [0.4, 0.5) is 4.79 Å². The maximum atomic E-state index is 14.1. The van der Waals surface area contributed by atoms with Crippen LogP contribution in [0.3, 0.4) is 0 Å². The van der Waals surface area contributed by atoms with Gasteiger partial charge >= 0.3 is 6.09 Å². The number of aromatic hydroxyl groups is 1. The average Bonchev–Trinajstić information content (AvgIpc) is 2.86. The van der Waals surface area contributed by atoms with Gasteiger partial charge in [-0.15, -0.1) is 6.58 Å². The van der Waals surface area contributed by atoms with Crippen molar-refractivity contribution in [2.75, 3.05) is 13.1 Å². The third-order valence-electron chi connectivity index (χ3n) is 5.75. The van der Waals surface area contributed by atoms with Crippen molar-refractivity contribution >= 4 is 17.9 Å². The van der Waals surface area contributed by atoms with E-state index in [-0.39, 0.29) is 24.3 Å². The predicted molar refractivity (Wildman–Crippen MR) is 149 cm³/mol. The standard InChI is InChI=1S/C30H41N3O5/c1-6-8-14-19-31-27(35)26(23-17-12-13-18-25(23)34)33(20-7-2)28(36)24(21-22-15-10-9-11-16-22)32-29(37)38-30(3,4)5/h7,9-13,15-18,24,26,34H,2,6,8,14,19-21H2,1,3-5H3,(H,31,35)(H,32,37). The Kier molecular flexibility index (Phi) is 11.9. The van der Waals surface area contributed by atoms with E-state index in [4.69, 9.17) is 4.74 Å². The Labute approximate surface area is 226 Å². The van der Waals surface area contributed by atoms with E-state index in [9.17, 15) is 19.5 Å². The van der Waals surface area contributed by atoms with Crippen LogP contribution >= 0.6 is 0 Å². The van der Waals surface area contributed by atoms with Gasteiger partial charge < -0.3 is 25.4 Å². The largest absolute Gasteiger partial charge is 0.508 e. The predicted octanol–water partition coefficient (Wildman–Crippen LogP) is 4.89. The molecule has 3 amide bonds. The molecule has 206 valence electrons. The number of unbranched alkanes of at least 4 members (excludes halogenated alkanes) is 2. The number of hydrogen-bond donors (Lipinski definition) is 3. The van der Waals surface area contributed by atoms with Crippen molar-refractivity contribution in [3.8, 4) is 5.75 Å². The number of carbonyl (C=O) groups is 3. The first-order valence-corrected chi connectivity index (χ1v) is 13.1. The minimum Gasteiger partial charge on any atom is -0.508 e. The molecule has 8 nitrogen and oxygen atoms in total. The summed E-state index contributed by atoms with van der Waals surface area (Å²) in [5, 5.41) is 16.3. The molecule has 2 aromatic rings. The Morgan fingerprint density at radius 1 is 1.05 bits per heavy atom. The molecular formula is C30H41N3O5. The highest BCUT2D eigenvalue weighted by atomic mass is 16.6. The molecule has 0 heterocycles. The molecule has 0 radical (unpaired) electrons. The molecule has 2 aromatic carbocycles. The van der Waals surface area contributed by atoms with Gasteiger partial charge in [-0.25, -0.2) is 4.79 Å². The number of para-hydroxylation sites is 1. The van der Waals surface area contributed by atoms with E-state index in [1.807, 2.05) is 30.3 Å². The van der Waals surface area contributed by atoms with E-state index in [0.717, 1.165) is 24.8 Å². The van der Waals surface area contributed by atoms with Gasteiger partial charge in [0.25, 0.3) is 0 Å². The van der Waals surface area contributed by atoms with Crippen LogP contribution in [0.2, 0.25) is 0 Å². The Hall–Kier alpha value is -3.81. The number of carbonyl (C=O) groups excluding carboxylic acids is 3. The maximum Gasteiger partial charge on any atom is 0.408 e. The number of nitrogens with one attached hydrogen (secondary N) is 2. The van der Waals surface area contributed by atoms with Crippen molar-refractivity contribution in [2.45, 2.75) is 71.1 Å². The monoisotopic (exact) mass is 523 g/mol. The van der Waals surface area contributed by atoms with E-state index in [0.29, 0.717) is 6.54 Å².